The third-order valence-electron chi connectivity index (χ3n) is 3.86. The van der Waals surface area contributed by atoms with E-state index < -0.39 is 0 Å². The van der Waals surface area contributed by atoms with Crippen LogP contribution < -0.4 is 20.1 Å². The normalized spacial score (nSPS) is 10.2. The summed E-state index contributed by atoms with van der Waals surface area (Å²) in [5.41, 5.74) is 2.35. The Morgan fingerprint density at radius 3 is 2.44 bits per heavy atom. The lowest BCUT2D eigenvalue weighted by atomic mass is 10.1. The van der Waals surface area contributed by atoms with Gasteiger partial charge in [-0.2, -0.15) is 0 Å². The zero-order valence-electron chi connectivity index (χ0n) is 14.9. The Morgan fingerprint density at radius 1 is 1.00 bits per heavy atom. The quantitative estimate of drug-likeness (QED) is 0.688. The molecule has 0 fully saturated rings. The van der Waals surface area contributed by atoms with Gasteiger partial charge in [-0.1, -0.05) is 37.3 Å². The number of nitrogens with one attached hydrogen (secondary N) is 2. The Morgan fingerprint density at radius 2 is 1.72 bits per heavy atom. The van der Waals surface area contributed by atoms with E-state index in [4.69, 9.17) is 9.47 Å². The average molecular weight is 342 g/mol. The third-order valence-corrected chi connectivity index (χ3v) is 3.86. The average Bonchev–Trinajstić information content (AvgIpc) is 2.66. The van der Waals surface area contributed by atoms with E-state index in [0.29, 0.717) is 19.7 Å². The molecule has 5 nitrogen and oxygen atoms in total. The predicted octanol–water partition coefficient (Wildman–Crippen LogP) is 3.18. The Hall–Kier alpha value is -2.69. The lowest BCUT2D eigenvalue weighted by Gasteiger charge is -2.11. The SMILES string of the molecule is CCc1ccc(OCCNC(=O)NCCc2ccccc2OC)cc1. The van der Waals surface area contributed by atoms with Gasteiger partial charge >= 0.3 is 6.03 Å². The van der Waals surface area contributed by atoms with Crippen LogP contribution >= 0.6 is 0 Å². The van der Waals surface area contributed by atoms with Gasteiger partial charge in [0.1, 0.15) is 18.1 Å². The molecule has 25 heavy (non-hydrogen) atoms. The number of ether oxygens (including phenoxy) is 2. The van der Waals surface area contributed by atoms with Crippen molar-refractivity contribution in [3.63, 3.8) is 0 Å². The van der Waals surface area contributed by atoms with Crippen LogP contribution in [0.25, 0.3) is 0 Å². The van der Waals surface area contributed by atoms with E-state index in [2.05, 4.69) is 17.6 Å². The van der Waals surface area contributed by atoms with Gasteiger partial charge in [-0.15, -0.1) is 0 Å². The first-order valence-corrected chi connectivity index (χ1v) is 8.58. The van der Waals surface area contributed by atoms with E-state index in [1.807, 2.05) is 48.5 Å². The number of amides is 2. The first kappa shape index (κ1) is 18.6. The summed E-state index contributed by atoms with van der Waals surface area (Å²) < 4.78 is 10.9. The monoisotopic (exact) mass is 342 g/mol. The highest BCUT2D eigenvalue weighted by Crippen LogP contribution is 2.17. The fourth-order valence-corrected chi connectivity index (χ4v) is 2.44. The van der Waals surface area contributed by atoms with Crippen molar-refractivity contribution in [1.29, 1.82) is 0 Å². The molecule has 0 saturated carbocycles. The molecule has 0 aliphatic heterocycles. The molecule has 2 aromatic carbocycles. The molecular formula is C20H26N2O3. The molecule has 0 bridgehead atoms. The number of carbonyl (C=O) groups excluding carboxylic acids is 1. The number of carbonyl (C=O) groups is 1. The van der Waals surface area contributed by atoms with Crippen LogP contribution in [0.4, 0.5) is 4.79 Å². The van der Waals surface area contributed by atoms with E-state index >= 15 is 0 Å². The van der Waals surface area contributed by atoms with Crippen LogP contribution in [0.1, 0.15) is 18.1 Å². The molecule has 2 aromatic rings. The third kappa shape index (κ3) is 6.37. The maximum absolute atomic E-state index is 11.8. The molecule has 2 rings (SSSR count). The number of methoxy groups -OCH3 is 1. The van der Waals surface area contributed by atoms with Crippen molar-refractivity contribution in [3.8, 4) is 11.5 Å². The fourth-order valence-electron chi connectivity index (χ4n) is 2.44. The van der Waals surface area contributed by atoms with Gasteiger partial charge in [0, 0.05) is 6.54 Å². The van der Waals surface area contributed by atoms with E-state index in [-0.39, 0.29) is 6.03 Å². The topological polar surface area (TPSA) is 59.6 Å². The van der Waals surface area contributed by atoms with Crippen molar-refractivity contribution < 1.29 is 14.3 Å². The highest BCUT2D eigenvalue weighted by molar-refractivity contribution is 5.73. The molecule has 0 saturated heterocycles. The summed E-state index contributed by atoms with van der Waals surface area (Å²) >= 11 is 0. The van der Waals surface area contributed by atoms with Crippen LogP contribution in [0.15, 0.2) is 48.5 Å². The van der Waals surface area contributed by atoms with Crippen molar-refractivity contribution in [2.24, 2.45) is 0 Å². The summed E-state index contributed by atoms with van der Waals surface area (Å²) in [5, 5.41) is 5.62. The Bertz CT molecular complexity index is 656. The van der Waals surface area contributed by atoms with Crippen molar-refractivity contribution in [3.05, 3.63) is 59.7 Å². The number of rotatable bonds is 9. The zero-order valence-corrected chi connectivity index (χ0v) is 14.9. The lowest BCUT2D eigenvalue weighted by molar-refractivity contribution is 0.236. The number of hydrogen-bond donors (Lipinski definition) is 2. The van der Waals surface area contributed by atoms with Gasteiger partial charge in [0.05, 0.1) is 13.7 Å². The highest BCUT2D eigenvalue weighted by Gasteiger charge is 2.03. The maximum atomic E-state index is 11.8. The molecular weight excluding hydrogens is 316 g/mol. The smallest absolute Gasteiger partial charge is 0.314 e. The summed E-state index contributed by atoms with van der Waals surface area (Å²) in [5.74, 6) is 1.66. The second-order valence-electron chi connectivity index (χ2n) is 5.59. The Labute approximate surface area is 149 Å². The van der Waals surface area contributed by atoms with Crippen molar-refractivity contribution in [2.75, 3.05) is 26.8 Å². The van der Waals surface area contributed by atoms with E-state index in [1.165, 1.54) is 5.56 Å². The number of hydrogen-bond acceptors (Lipinski definition) is 3. The molecule has 0 unspecified atom stereocenters. The largest absolute Gasteiger partial charge is 0.496 e. The van der Waals surface area contributed by atoms with E-state index in [1.54, 1.807) is 7.11 Å². The predicted molar refractivity (Wildman–Crippen MR) is 99.4 cm³/mol. The molecule has 0 aliphatic rings. The van der Waals surface area contributed by atoms with Gasteiger partial charge in [0.2, 0.25) is 0 Å². The highest BCUT2D eigenvalue weighted by atomic mass is 16.5. The van der Waals surface area contributed by atoms with Gasteiger partial charge in [-0.3, -0.25) is 0 Å². The van der Waals surface area contributed by atoms with Crippen LogP contribution in [-0.4, -0.2) is 32.8 Å². The number of urea groups is 1. The molecule has 0 aromatic heterocycles. The molecule has 0 heterocycles. The second kappa shape index (κ2) is 10.2. The van der Waals surface area contributed by atoms with Crippen molar-refractivity contribution in [1.82, 2.24) is 10.6 Å². The Balaban J connectivity index is 1.60. The molecule has 0 aliphatic carbocycles. The van der Waals surface area contributed by atoms with Gasteiger partial charge < -0.3 is 20.1 Å². The first-order chi connectivity index (χ1) is 12.2. The molecule has 5 heteroatoms. The lowest BCUT2D eigenvalue weighted by Crippen LogP contribution is -2.38. The van der Waals surface area contributed by atoms with Gasteiger partial charge in [0.15, 0.2) is 0 Å². The first-order valence-electron chi connectivity index (χ1n) is 8.58. The van der Waals surface area contributed by atoms with Crippen LogP contribution in [0.5, 0.6) is 11.5 Å². The van der Waals surface area contributed by atoms with Gasteiger partial charge in [-0.25, -0.2) is 4.79 Å². The molecule has 2 N–H and O–H groups in total. The van der Waals surface area contributed by atoms with Gasteiger partial charge in [-0.05, 0) is 42.2 Å². The summed E-state index contributed by atoms with van der Waals surface area (Å²) in [6, 6.07) is 15.6. The minimum absolute atomic E-state index is 0.195. The second-order valence-corrected chi connectivity index (χ2v) is 5.59. The number of benzene rings is 2. The summed E-state index contributed by atoms with van der Waals surface area (Å²) in [4.78, 5) is 11.8. The fraction of sp³-hybridized carbons (Fsp3) is 0.350. The number of aryl methyl sites for hydroxylation is 1. The molecule has 0 atom stereocenters. The zero-order chi connectivity index (χ0) is 17.9. The van der Waals surface area contributed by atoms with Gasteiger partial charge in [0.25, 0.3) is 0 Å². The van der Waals surface area contributed by atoms with Crippen molar-refractivity contribution in [2.45, 2.75) is 19.8 Å². The van der Waals surface area contributed by atoms with E-state index in [0.717, 1.165) is 29.9 Å². The molecule has 0 radical (unpaired) electrons. The summed E-state index contributed by atoms with van der Waals surface area (Å²) in [7, 11) is 1.65. The van der Waals surface area contributed by atoms with Crippen LogP contribution in [-0.2, 0) is 12.8 Å². The van der Waals surface area contributed by atoms with Crippen LogP contribution in [0.2, 0.25) is 0 Å². The summed E-state index contributed by atoms with van der Waals surface area (Å²) in [6.07, 6.45) is 1.73. The standard InChI is InChI=1S/C20H26N2O3/c1-3-16-8-10-18(11-9-16)25-15-14-22-20(23)21-13-12-17-6-4-5-7-19(17)24-2/h4-11H,3,12-15H2,1-2H3,(H2,21,22,23). The Kier molecular flexibility index (Phi) is 7.63. The summed E-state index contributed by atoms with van der Waals surface area (Å²) in [6.45, 7) is 3.55. The van der Waals surface area contributed by atoms with Crippen LogP contribution in [0, 0.1) is 0 Å². The van der Waals surface area contributed by atoms with Crippen molar-refractivity contribution >= 4 is 6.03 Å². The molecule has 0 spiro atoms. The molecule has 134 valence electrons. The minimum Gasteiger partial charge on any atom is -0.496 e. The van der Waals surface area contributed by atoms with Crippen LogP contribution in [0.3, 0.4) is 0 Å². The minimum atomic E-state index is -0.195. The molecule has 2 amide bonds. The maximum Gasteiger partial charge on any atom is 0.314 e. The van der Waals surface area contributed by atoms with E-state index in [9.17, 15) is 4.79 Å². The number of para-hydroxylation sites is 1.